The number of thiophene rings is 1. The topological polar surface area (TPSA) is 75.6 Å². The average Bonchev–Trinajstić information content (AvgIpc) is 2.62. The molecule has 0 spiro atoms. The molecule has 1 aromatic heterocycles. The first-order valence-electron chi connectivity index (χ1n) is 7.28. The molecule has 130 valence electrons. The third kappa shape index (κ3) is 4.56. The lowest BCUT2D eigenvalue weighted by Gasteiger charge is -2.37. The molecule has 8 heteroatoms. The van der Waals surface area contributed by atoms with Gasteiger partial charge in [-0.25, -0.2) is 4.79 Å². The van der Waals surface area contributed by atoms with Gasteiger partial charge in [-0.15, -0.1) is 11.3 Å². The molecule has 0 saturated carbocycles. The Kier molecular flexibility index (Phi) is 6.07. The zero-order chi connectivity index (χ0) is 18.2. The van der Waals surface area contributed by atoms with Crippen LogP contribution in [0.25, 0.3) is 0 Å². The van der Waals surface area contributed by atoms with Crippen LogP contribution in [-0.2, 0) is 9.22 Å². The van der Waals surface area contributed by atoms with Gasteiger partial charge in [0.2, 0.25) is 0 Å². The molecule has 0 fully saturated rings. The van der Waals surface area contributed by atoms with Gasteiger partial charge in [0.25, 0.3) is 5.91 Å². The summed E-state index contributed by atoms with van der Waals surface area (Å²) in [6.45, 7) is 13.8. The van der Waals surface area contributed by atoms with Crippen LogP contribution in [0.4, 0.5) is 5.00 Å². The Bertz CT molecular complexity index is 622. The molecule has 1 unspecified atom stereocenters. The van der Waals surface area contributed by atoms with Gasteiger partial charge in [-0.1, -0.05) is 32.4 Å². The van der Waals surface area contributed by atoms with Crippen LogP contribution >= 0.6 is 22.9 Å². The number of amides is 1. The predicted molar refractivity (Wildman–Crippen MR) is 97.4 cm³/mol. The molecule has 23 heavy (non-hydrogen) atoms. The second-order valence-corrected chi connectivity index (χ2v) is 13.4. The second kappa shape index (κ2) is 6.92. The Labute approximate surface area is 147 Å². The fourth-order valence-electron chi connectivity index (χ4n) is 1.69. The SMILES string of the molecule is Cc1sc(NC(=O)C(C)O[Si](C)(C)C(C)(C)C)c(C(=O)O)c1Cl. The summed E-state index contributed by atoms with van der Waals surface area (Å²) in [7, 11) is -2.09. The summed E-state index contributed by atoms with van der Waals surface area (Å²) in [5.74, 6) is -1.53. The molecule has 1 amide bonds. The maximum absolute atomic E-state index is 12.4. The number of hydrogen-bond donors (Lipinski definition) is 2. The minimum absolute atomic E-state index is 0.0173. The largest absolute Gasteiger partial charge is 0.478 e. The first-order chi connectivity index (χ1) is 10.3. The number of carbonyl (C=O) groups is 2. The smallest absolute Gasteiger partial charge is 0.340 e. The molecule has 2 N–H and O–H groups in total. The van der Waals surface area contributed by atoms with Crippen molar-refractivity contribution >= 4 is 48.1 Å². The van der Waals surface area contributed by atoms with E-state index in [1.54, 1.807) is 13.8 Å². The molecule has 1 rings (SSSR count). The fraction of sp³-hybridized carbons (Fsp3) is 0.600. The van der Waals surface area contributed by atoms with E-state index in [2.05, 4.69) is 39.2 Å². The van der Waals surface area contributed by atoms with Crippen molar-refractivity contribution < 1.29 is 19.1 Å². The van der Waals surface area contributed by atoms with Crippen LogP contribution in [0, 0.1) is 6.92 Å². The normalized spacial score (nSPS) is 13.7. The van der Waals surface area contributed by atoms with E-state index in [-0.39, 0.29) is 26.5 Å². The number of halogens is 1. The summed E-state index contributed by atoms with van der Waals surface area (Å²) in [5.41, 5.74) is -0.0676. The number of aromatic carboxylic acids is 1. The van der Waals surface area contributed by atoms with Crippen molar-refractivity contribution in [3.05, 3.63) is 15.5 Å². The van der Waals surface area contributed by atoms with Crippen molar-refractivity contribution in [1.29, 1.82) is 0 Å². The van der Waals surface area contributed by atoms with Gasteiger partial charge in [0.05, 0.1) is 5.02 Å². The molecule has 0 aliphatic heterocycles. The zero-order valence-corrected chi connectivity index (χ0v) is 17.1. The van der Waals surface area contributed by atoms with Crippen molar-refractivity contribution in [1.82, 2.24) is 0 Å². The van der Waals surface area contributed by atoms with E-state index in [1.807, 2.05) is 0 Å². The minimum atomic E-state index is -2.09. The summed E-state index contributed by atoms with van der Waals surface area (Å²) >= 11 is 7.14. The Hall–Kier alpha value is -0.893. The molecule has 1 heterocycles. The van der Waals surface area contributed by atoms with Gasteiger partial charge >= 0.3 is 5.97 Å². The molecule has 5 nitrogen and oxygen atoms in total. The van der Waals surface area contributed by atoms with E-state index in [1.165, 1.54) is 0 Å². The van der Waals surface area contributed by atoms with E-state index in [0.717, 1.165) is 11.3 Å². The van der Waals surface area contributed by atoms with Gasteiger partial charge in [-0.2, -0.15) is 0 Å². The summed E-state index contributed by atoms with van der Waals surface area (Å²) in [4.78, 5) is 24.3. The maximum atomic E-state index is 12.4. The van der Waals surface area contributed by atoms with Gasteiger partial charge in [0, 0.05) is 4.88 Å². The second-order valence-electron chi connectivity index (χ2n) is 6.99. The van der Waals surface area contributed by atoms with Crippen LogP contribution in [0.5, 0.6) is 0 Å². The minimum Gasteiger partial charge on any atom is -0.478 e. The van der Waals surface area contributed by atoms with Gasteiger partial charge in [0.15, 0.2) is 8.32 Å². The van der Waals surface area contributed by atoms with Crippen LogP contribution in [-0.4, -0.2) is 31.4 Å². The first kappa shape index (κ1) is 20.2. The number of carboxylic acid groups (broad SMARTS) is 1. The molecule has 0 aliphatic carbocycles. The van der Waals surface area contributed by atoms with Crippen molar-refractivity contribution in [2.45, 2.75) is 58.9 Å². The fourth-order valence-corrected chi connectivity index (χ4v) is 4.32. The van der Waals surface area contributed by atoms with E-state index < -0.39 is 20.4 Å². The van der Waals surface area contributed by atoms with Crippen LogP contribution in [0.3, 0.4) is 0 Å². The lowest BCUT2D eigenvalue weighted by atomic mass is 10.2. The summed E-state index contributed by atoms with van der Waals surface area (Å²) in [6, 6.07) is 0. The lowest BCUT2D eigenvalue weighted by Crippen LogP contribution is -2.46. The maximum Gasteiger partial charge on any atom is 0.340 e. The zero-order valence-electron chi connectivity index (χ0n) is 14.5. The molecule has 0 radical (unpaired) electrons. The highest BCUT2D eigenvalue weighted by Crippen LogP contribution is 2.38. The molecule has 1 atom stereocenters. The average molecular weight is 378 g/mol. The Morgan fingerprint density at radius 2 is 1.87 bits per heavy atom. The number of nitrogens with one attached hydrogen (secondary N) is 1. The Morgan fingerprint density at radius 1 is 1.35 bits per heavy atom. The third-order valence-corrected chi connectivity index (χ3v) is 10.3. The predicted octanol–water partition coefficient (Wildman–Crippen LogP) is 4.76. The molecule has 0 bridgehead atoms. The molecule has 0 saturated heterocycles. The third-order valence-electron chi connectivity index (χ3n) is 4.11. The van der Waals surface area contributed by atoms with Crippen molar-refractivity contribution in [3.63, 3.8) is 0 Å². The van der Waals surface area contributed by atoms with Crippen LogP contribution in [0.15, 0.2) is 0 Å². The number of hydrogen-bond acceptors (Lipinski definition) is 4. The van der Waals surface area contributed by atoms with Crippen LogP contribution < -0.4 is 5.32 Å². The molecule has 0 aromatic carbocycles. The van der Waals surface area contributed by atoms with Gasteiger partial charge in [-0.3, -0.25) is 4.79 Å². The van der Waals surface area contributed by atoms with E-state index in [0.29, 0.717) is 4.88 Å². The van der Waals surface area contributed by atoms with Crippen LogP contribution in [0.2, 0.25) is 23.2 Å². The first-order valence-corrected chi connectivity index (χ1v) is 11.4. The number of aryl methyl sites for hydroxylation is 1. The van der Waals surface area contributed by atoms with Crippen molar-refractivity contribution in [3.8, 4) is 0 Å². The van der Waals surface area contributed by atoms with Crippen LogP contribution in [0.1, 0.15) is 42.9 Å². The summed E-state index contributed by atoms with van der Waals surface area (Å²) < 4.78 is 6.02. The van der Waals surface area contributed by atoms with Gasteiger partial charge in [0.1, 0.15) is 16.7 Å². The number of anilines is 1. The quantitative estimate of drug-likeness (QED) is 0.725. The van der Waals surface area contributed by atoms with E-state index in [9.17, 15) is 14.7 Å². The van der Waals surface area contributed by atoms with E-state index >= 15 is 0 Å². The van der Waals surface area contributed by atoms with Crippen molar-refractivity contribution in [2.75, 3.05) is 5.32 Å². The highest BCUT2D eigenvalue weighted by Gasteiger charge is 2.39. The van der Waals surface area contributed by atoms with Gasteiger partial charge < -0.3 is 14.8 Å². The molecular formula is C15H24ClNO4SSi. The summed E-state index contributed by atoms with van der Waals surface area (Å²) in [5, 5.41) is 12.3. The molecular weight excluding hydrogens is 354 g/mol. The monoisotopic (exact) mass is 377 g/mol. The Balaban J connectivity index is 2.93. The number of carbonyl (C=O) groups excluding carboxylic acids is 1. The highest BCUT2D eigenvalue weighted by molar-refractivity contribution is 7.17. The van der Waals surface area contributed by atoms with Crippen molar-refractivity contribution in [2.24, 2.45) is 0 Å². The lowest BCUT2D eigenvalue weighted by molar-refractivity contribution is -0.122. The van der Waals surface area contributed by atoms with Gasteiger partial charge in [-0.05, 0) is 32.0 Å². The number of carboxylic acids is 1. The molecule has 0 aliphatic rings. The Morgan fingerprint density at radius 3 is 2.30 bits per heavy atom. The highest BCUT2D eigenvalue weighted by atomic mass is 35.5. The summed E-state index contributed by atoms with van der Waals surface area (Å²) in [6.07, 6.45) is -0.668. The van der Waals surface area contributed by atoms with E-state index in [4.69, 9.17) is 16.0 Å². The number of rotatable bonds is 5. The standard InChI is InChI=1S/C15H24ClNO4SSi/c1-8(21-23(6,7)15(3,4)5)12(18)17-13-10(14(19)20)11(16)9(2)22-13/h8H,1-7H3,(H,17,18)(H,19,20). The molecule has 1 aromatic rings.